The van der Waals surface area contributed by atoms with Crippen LogP contribution in [0.5, 0.6) is 11.5 Å². The van der Waals surface area contributed by atoms with Gasteiger partial charge in [0.1, 0.15) is 29.8 Å². The van der Waals surface area contributed by atoms with E-state index < -0.39 is 30.7 Å². The van der Waals surface area contributed by atoms with Gasteiger partial charge in [-0.25, -0.2) is 0 Å². The number of nitrogens with one attached hydrogen (secondary N) is 1. The number of amides is 1. The predicted octanol–water partition coefficient (Wildman–Crippen LogP) is 1.90. The summed E-state index contributed by atoms with van der Waals surface area (Å²) in [7, 11) is 3.03. The predicted molar refractivity (Wildman–Crippen MR) is 113 cm³/mol. The maximum Gasteiger partial charge on any atom is 0.216 e. The Kier molecular flexibility index (Phi) is 8.25. The Labute approximate surface area is 182 Å². The van der Waals surface area contributed by atoms with Gasteiger partial charge >= 0.3 is 0 Å². The number of carbonyl (C=O) groups excluding carboxylic acids is 1. The van der Waals surface area contributed by atoms with Crippen LogP contribution in [0.4, 0.5) is 0 Å². The van der Waals surface area contributed by atoms with Gasteiger partial charge in [-0.15, -0.1) is 0 Å². The molecule has 0 bridgehead atoms. The number of rotatable bonds is 9. The molecule has 1 aliphatic heterocycles. The van der Waals surface area contributed by atoms with Crippen LogP contribution in [0.2, 0.25) is 0 Å². The smallest absolute Gasteiger partial charge is 0.216 e. The molecular formula is C23H29NO7. The van der Waals surface area contributed by atoms with Gasteiger partial charge in [-0.3, -0.25) is 4.79 Å². The second-order valence-corrected chi connectivity index (χ2v) is 7.23. The van der Waals surface area contributed by atoms with Crippen LogP contribution in [-0.4, -0.2) is 62.5 Å². The first-order chi connectivity index (χ1) is 15.0. The number of carbonyl (C=O) groups is 1. The summed E-state index contributed by atoms with van der Waals surface area (Å²) in [6, 6.07) is 16.7. The number of aliphatic hydroxyl groups excluding tert-OH is 1. The van der Waals surface area contributed by atoms with Gasteiger partial charge in [0.15, 0.2) is 12.4 Å². The molecule has 1 fully saturated rings. The summed E-state index contributed by atoms with van der Waals surface area (Å²) >= 11 is 0. The van der Waals surface area contributed by atoms with E-state index in [0.29, 0.717) is 11.5 Å². The summed E-state index contributed by atoms with van der Waals surface area (Å²) in [5.41, 5.74) is 0.955. The molecule has 0 radical (unpaired) electrons. The zero-order valence-electron chi connectivity index (χ0n) is 17.9. The summed E-state index contributed by atoms with van der Waals surface area (Å²) in [6.45, 7) is 1.87. The van der Waals surface area contributed by atoms with Gasteiger partial charge in [-0.05, 0) is 29.8 Å². The van der Waals surface area contributed by atoms with E-state index in [9.17, 15) is 9.90 Å². The van der Waals surface area contributed by atoms with Crippen molar-refractivity contribution >= 4 is 5.91 Å². The molecule has 1 saturated heterocycles. The number of aliphatic hydroxyl groups is 1. The Morgan fingerprint density at radius 2 is 1.71 bits per heavy atom. The van der Waals surface area contributed by atoms with E-state index in [-0.39, 0.29) is 19.1 Å². The van der Waals surface area contributed by atoms with Crippen LogP contribution >= 0.6 is 0 Å². The highest BCUT2D eigenvalue weighted by Crippen LogP contribution is 2.29. The Balaban J connectivity index is 1.84. The minimum atomic E-state index is -1.09. The molecule has 1 aliphatic rings. The Hall–Kier alpha value is -2.65. The zero-order valence-corrected chi connectivity index (χ0v) is 17.9. The van der Waals surface area contributed by atoms with Gasteiger partial charge in [0.2, 0.25) is 5.91 Å². The highest BCUT2D eigenvalue weighted by Gasteiger charge is 2.48. The van der Waals surface area contributed by atoms with Crippen LogP contribution in [-0.2, 0) is 25.6 Å². The highest BCUT2D eigenvalue weighted by atomic mass is 16.7. The molecular weight excluding hydrogens is 402 g/mol. The molecule has 8 heteroatoms. The van der Waals surface area contributed by atoms with Crippen molar-refractivity contribution in [2.24, 2.45) is 0 Å². The van der Waals surface area contributed by atoms with Crippen LogP contribution in [0.25, 0.3) is 0 Å². The van der Waals surface area contributed by atoms with Crippen LogP contribution in [0.1, 0.15) is 12.5 Å². The van der Waals surface area contributed by atoms with E-state index in [4.69, 9.17) is 23.7 Å². The fraction of sp³-hybridized carbons (Fsp3) is 0.435. The first-order valence-corrected chi connectivity index (χ1v) is 10.1. The fourth-order valence-electron chi connectivity index (χ4n) is 3.41. The van der Waals surface area contributed by atoms with Crippen LogP contribution in [0, 0.1) is 0 Å². The lowest BCUT2D eigenvalue weighted by atomic mass is 9.97. The molecule has 1 amide bonds. The minimum absolute atomic E-state index is 0.175. The summed E-state index contributed by atoms with van der Waals surface area (Å²) in [6.07, 6.45) is -4.09. The van der Waals surface area contributed by atoms with Crippen molar-refractivity contribution in [1.29, 1.82) is 0 Å². The number of methoxy groups -OCH3 is 2. The first-order valence-electron chi connectivity index (χ1n) is 10.1. The van der Waals surface area contributed by atoms with Crippen LogP contribution < -0.4 is 14.8 Å². The van der Waals surface area contributed by atoms with Gasteiger partial charge in [0.05, 0.1) is 13.7 Å². The highest BCUT2D eigenvalue weighted by molar-refractivity contribution is 5.72. The van der Waals surface area contributed by atoms with Crippen LogP contribution in [0.3, 0.4) is 0 Å². The molecule has 2 aromatic carbocycles. The average Bonchev–Trinajstić information content (AvgIpc) is 2.79. The SMILES string of the molecule is COc1ccc(O[C@@H]2C(CNC(C)=O)O[C@@H](OC)[C@H](O)C2OCc2ccccc2)cc1. The third kappa shape index (κ3) is 6.18. The summed E-state index contributed by atoms with van der Waals surface area (Å²) in [5, 5.41) is 13.6. The number of ether oxygens (including phenoxy) is 5. The van der Waals surface area contributed by atoms with Gasteiger partial charge in [0, 0.05) is 20.6 Å². The maximum absolute atomic E-state index is 11.5. The van der Waals surface area contributed by atoms with E-state index in [1.807, 2.05) is 30.3 Å². The summed E-state index contributed by atoms with van der Waals surface area (Å²) in [5.74, 6) is 1.05. The van der Waals surface area contributed by atoms with Crippen molar-refractivity contribution in [2.75, 3.05) is 20.8 Å². The molecule has 2 unspecified atom stereocenters. The molecule has 0 spiro atoms. The molecule has 168 valence electrons. The fourth-order valence-corrected chi connectivity index (χ4v) is 3.41. The second-order valence-electron chi connectivity index (χ2n) is 7.23. The van der Waals surface area contributed by atoms with E-state index >= 15 is 0 Å². The topological polar surface area (TPSA) is 95.5 Å². The van der Waals surface area contributed by atoms with E-state index in [2.05, 4.69) is 5.32 Å². The van der Waals surface area contributed by atoms with Crippen LogP contribution in [0.15, 0.2) is 54.6 Å². The molecule has 3 rings (SSSR count). The standard InChI is InChI=1S/C23H29NO7/c1-15(25)24-13-19-21(30-18-11-9-17(27-2)10-12-18)22(20(26)23(28-3)31-19)29-14-16-7-5-4-6-8-16/h4-12,19-23,26H,13-14H2,1-3H3,(H,24,25)/t19?,20-,21-,22?,23-/m1/s1. The monoisotopic (exact) mass is 431 g/mol. The third-order valence-electron chi connectivity index (χ3n) is 5.02. The van der Waals surface area contributed by atoms with E-state index in [0.717, 1.165) is 5.56 Å². The summed E-state index contributed by atoms with van der Waals surface area (Å²) in [4.78, 5) is 11.5. The molecule has 31 heavy (non-hydrogen) atoms. The molecule has 8 nitrogen and oxygen atoms in total. The molecule has 2 N–H and O–H groups in total. The normalized spacial score (nSPS) is 25.6. The third-order valence-corrected chi connectivity index (χ3v) is 5.02. The first kappa shape index (κ1) is 23.0. The van der Waals surface area contributed by atoms with Crippen molar-refractivity contribution in [3.8, 4) is 11.5 Å². The van der Waals surface area contributed by atoms with Crippen molar-refractivity contribution in [3.05, 3.63) is 60.2 Å². The number of hydrogen-bond donors (Lipinski definition) is 2. The second kappa shape index (κ2) is 11.1. The number of benzene rings is 2. The molecule has 5 atom stereocenters. The molecule has 2 aromatic rings. The van der Waals surface area contributed by atoms with Crippen molar-refractivity contribution in [1.82, 2.24) is 5.32 Å². The zero-order chi connectivity index (χ0) is 22.2. The van der Waals surface area contributed by atoms with Gasteiger partial charge < -0.3 is 34.1 Å². The van der Waals surface area contributed by atoms with E-state index in [1.54, 1.807) is 31.4 Å². The largest absolute Gasteiger partial charge is 0.497 e. The Morgan fingerprint density at radius 1 is 1.03 bits per heavy atom. The lowest BCUT2D eigenvalue weighted by Crippen LogP contribution is -2.63. The van der Waals surface area contributed by atoms with E-state index in [1.165, 1.54) is 14.0 Å². The maximum atomic E-state index is 11.5. The van der Waals surface area contributed by atoms with Gasteiger partial charge in [0.25, 0.3) is 0 Å². The molecule has 0 aliphatic carbocycles. The van der Waals surface area contributed by atoms with Gasteiger partial charge in [-0.2, -0.15) is 0 Å². The average molecular weight is 431 g/mol. The minimum Gasteiger partial charge on any atom is -0.497 e. The quantitative estimate of drug-likeness (QED) is 0.626. The Morgan fingerprint density at radius 3 is 2.32 bits per heavy atom. The summed E-state index contributed by atoms with van der Waals surface area (Å²) < 4.78 is 28.7. The lowest BCUT2D eigenvalue weighted by Gasteiger charge is -2.43. The van der Waals surface area contributed by atoms with Crippen molar-refractivity contribution in [2.45, 2.75) is 44.2 Å². The molecule has 0 saturated carbocycles. The van der Waals surface area contributed by atoms with Gasteiger partial charge in [-0.1, -0.05) is 30.3 Å². The molecule has 0 aromatic heterocycles. The Bertz CT molecular complexity index is 814. The molecule has 1 heterocycles. The van der Waals surface area contributed by atoms with Crippen molar-refractivity contribution < 1.29 is 33.6 Å². The van der Waals surface area contributed by atoms with Crippen molar-refractivity contribution in [3.63, 3.8) is 0 Å². The lowest BCUT2D eigenvalue weighted by molar-refractivity contribution is -0.293. The number of hydrogen-bond acceptors (Lipinski definition) is 7.